The summed E-state index contributed by atoms with van der Waals surface area (Å²) in [5.41, 5.74) is 2.73. The normalized spacial score (nSPS) is 13.2. The molecule has 0 aromatic heterocycles. The van der Waals surface area contributed by atoms with Gasteiger partial charge in [-0.25, -0.2) is 0 Å². The van der Waals surface area contributed by atoms with Gasteiger partial charge < -0.3 is 10.1 Å². The van der Waals surface area contributed by atoms with Crippen molar-refractivity contribution in [3.8, 4) is 5.75 Å². The second kappa shape index (κ2) is 4.81. The maximum absolute atomic E-state index is 12.4. The summed E-state index contributed by atoms with van der Waals surface area (Å²) in [6.07, 6.45) is 0. The molecular weight excluding hydrogens is 254 g/mol. The molecule has 0 saturated heterocycles. The summed E-state index contributed by atoms with van der Waals surface area (Å²) in [6, 6.07) is 12.5. The van der Waals surface area contributed by atoms with Crippen molar-refractivity contribution in [2.75, 3.05) is 11.9 Å². The molecule has 4 heteroatoms. The largest absolute Gasteiger partial charge is 0.482 e. The maximum atomic E-state index is 12.4. The zero-order valence-corrected chi connectivity index (χ0v) is 11.0. The van der Waals surface area contributed by atoms with Gasteiger partial charge in [0, 0.05) is 11.1 Å². The molecule has 0 radical (unpaired) electrons. The minimum Gasteiger partial charge on any atom is -0.482 e. The highest BCUT2D eigenvalue weighted by Gasteiger charge is 2.18. The highest BCUT2D eigenvalue weighted by molar-refractivity contribution is 6.10. The van der Waals surface area contributed by atoms with Crippen LogP contribution in [0, 0.1) is 6.92 Å². The van der Waals surface area contributed by atoms with E-state index in [0.29, 0.717) is 22.6 Å². The molecule has 4 nitrogen and oxygen atoms in total. The predicted molar refractivity (Wildman–Crippen MR) is 75.2 cm³/mol. The van der Waals surface area contributed by atoms with Gasteiger partial charge in [0.25, 0.3) is 5.91 Å². The summed E-state index contributed by atoms with van der Waals surface area (Å²) in [7, 11) is 0. The Bertz CT molecular complexity index is 707. The molecule has 0 aliphatic carbocycles. The van der Waals surface area contributed by atoms with Gasteiger partial charge in [0.05, 0.1) is 5.69 Å². The number of ketones is 1. The first kappa shape index (κ1) is 12.4. The van der Waals surface area contributed by atoms with Gasteiger partial charge in [0.2, 0.25) is 0 Å². The number of ether oxygens (including phenoxy) is 1. The summed E-state index contributed by atoms with van der Waals surface area (Å²) in [4.78, 5) is 23.7. The number of nitrogens with one attached hydrogen (secondary N) is 1. The molecule has 0 spiro atoms. The van der Waals surface area contributed by atoms with Crippen molar-refractivity contribution in [1.82, 2.24) is 0 Å². The van der Waals surface area contributed by atoms with Crippen LogP contribution in [0.2, 0.25) is 0 Å². The predicted octanol–water partition coefficient (Wildman–Crippen LogP) is 2.56. The van der Waals surface area contributed by atoms with Crippen LogP contribution in [0.15, 0.2) is 42.5 Å². The van der Waals surface area contributed by atoms with Gasteiger partial charge in [-0.2, -0.15) is 0 Å². The highest BCUT2D eigenvalue weighted by Crippen LogP contribution is 2.29. The van der Waals surface area contributed by atoms with Crippen molar-refractivity contribution < 1.29 is 14.3 Å². The maximum Gasteiger partial charge on any atom is 0.262 e. The molecule has 1 N–H and O–H groups in total. The molecule has 0 saturated carbocycles. The lowest BCUT2D eigenvalue weighted by molar-refractivity contribution is -0.118. The summed E-state index contributed by atoms with van der Waals surface area (Å²) >= 11 is 0. The van der Waals surface area contributed by atoms with E-state index < -0.39 is 0 Å². The molecule has 2 aromatic rings. The van der Waals surface area contributed by atoms with E-state index in [2.05, 4.69) is 5.32 Å². The second-order valence-corrected chi connectivity index (χ2v) is 4.75. The van der Waals surface area contributed by atoms with Gasteiger partial charge >= 0.3 is 0 Å². The average molecular weight is 267 g/mol. The van der Waals surface area contributed by atoms with Crippen LogP contribution in [0.4, 0.5) is 5.69 Å². The van der Waals surface area contributed by atoms with E-state index in [4.69, 9.17) is 4.74 Å². The van der Waals surface area contributed by atoms with Crippen LogP contribution in [0.1, 0.15) is 21.5 Å². The lowest BCUT2D eigenvalue weighted by Gasteiger charge is -2.18. The van der Waals surface area contributed by atoms with Crippen LogP contribution in [-0.4, -0.2) is 18.3 Å². The van der Waals surface area contributed by atoms with Crippen LogP contribution in [0.3, 0.4) is 0 Å². The Morgan fingerprint density at radius 2 is 1.95 bits per heavy atom. The van der Waals surface area contributed by atoms with Gasteiger partial charge in [0.15, 0.2) is 12.4 Å². The lowest BCUT2D eigenvalue weighted by Crippen LogP contribution is -2.25. The fraction of sp³-hybridized carbons (Fsp3) is 0.125. The Labute approximate surface area is 116 Å². The lowest BCUT2D eigenvalue weighted by atomic mass is 10.0. The van der Waals surface area contributed by atoms with Crippen molar-refractivity contribution in [3.05, 3.63) is 59.2 Å². The quantitative estimate of drug-likeness (QED) is 0.851. The summed E-state index contributed by atoms with van der Waals surface area (Å²) < 4.78 is 5.27. The van der Waals surface area contributed by atoms with E-state index in [1.165, 1.54) is 0 Å². The van der Waals surface area contributed by atoms with Crippen LogP contribution < -0.4 is 10.1 Å². The molecule has 1 amide bonds. The topological polar surface area (TPSA) is 55.4 Å². The molecule has 3 rings (SSSR count). The van der Waals surface area contributed by atoms with Gasteiger partial charge in [-0.05, 0) is 31.2 Å². The van der Waals surface area contributed by atoms with Crippen LogP contribution in [0.25, 0.3) is 0 Å². The first-order valence-electron chi connectivity index (χ1n) is 6.31. The van der Waals surface area contributed by atoms with E-state index in [-0.39, 0.29) is 18.3 Å². The highest BCUT2D eigenvalue weighted by atomic mass is 16.5. The van der Waals surface area contributed by atoms with Crippen LogP contribution >= 0.6 is 0 Å². The third-order valence-corrected chi connectivity index (χ3v) is 3.15. The number of carbonyl (C=O) groups excluding carboxylic acids is 2. The Morgan fingerprint density at radius 1 is 1.15 bits per heavy atom. The van der Waals surface area contributed by atoms with Gasteiger partial charge in [0.1, 0.15) is 5.75 Å². The third kappa shape index (κ3) is 2.28. The first-order chi connectivity index (χ1) is 9.63. The summed E-state index contributed by atoms with van der Waals surface area (Å²) in [5, 5.41) is 2.70. The minimum atomic E-state index is -0.211. The fourth-order valence-corrected chi connectivity index (χ4v) is 2.18. The van der Waals surface area contributed by atoms with Crippen molar-refractivity contribution in [3.63, 3.8) is 0 Å². The Kier molecular flexibility index (Phi) is 2.99. The molecular formula is C16H13NO3. The SMILES string of the molecule is Cc1cccc(C(=O)c2ccc3c(c2)NC(=O)CO3)c1. The first-order valence-corrected chi connectivity index (χ1v) is 6.31. The smallest absolute Gasteiger partial charge is 0.262 e. The number of fused-ring (bicyclic) bond motifs is 1. The summed E-state index contributed by atoms with van der Waals surface area (Å²) in [5.74, 6) is 0.305. The summed E-state index contributed by atoms with van der Waals surface area (Å²) in [6.45, 7) is 1.95. The number of aryl methyl sites for hydroxylation is 1. The van der Waals surface area contributed by atoms with E-state index in [0.717, 1.165) is 5.56 Å². The number of carbonyl (C=O) groups is 2. The Hall–Kier alpha value is -2.62. The van der Waals surface area contributed by atoms with Crippen LogP contribution in [-0.2, 0) is 4.79 Å². The van der Waals surface area contributed by atoms with E-state index in [9.17, 15) is 9.59 Å². The molecule has 0 atom stereocenters. The standard InChI is InChI=1S/C16H13NO3/c1-10-3-2-4-11(7-10)16(19)12-5-6-14-13(8-12)17-15(18)9-20-14/h2-8H,9H2,1H3,(H,17,18). The van der Waals surface area contributed by atoms with E-state index in [1.807, 2.05) is 25.1 Å². The number of hydrogen-bond acceptors (Lipinski definition) is 3. The number of benzene rings is 2. The van der Waals surface area contributed by atoms with E-state index in [1.54, 1.807) is 24.3 Å². The molecule has 0 bridgehead atoms. The molecule has 1 aliphatic heterocycles. The van der Waals surface area contributed by atoms with Gasteiger partial charge in [-0.1, -0.05) is 23.8 Å². The molecule has 20 heavy (non-hydrogen) atoms. The number of amides is 1. The van der Waals surface area contributed by atoms with Crippen molar-refractivity contribution >= 4 is 17.4 Å². The van der Waals surface area contributed by atoms with Gasteiger partial charge in [-0.3, -0.25) is 9.59 Å². The molecule has 1 heterocycles. The van der Waals surface area contributed by atoms with Crippen molar-refractivity contribution in [2.24, 2.45) is 0 Å². The second-order valence-electron chi connectivity index (χ2n) is 4.75. The molecule has 2 aromatic carbocycles. The Morgan fingerprint density at radius 3 is 2.75 bits per heavy atom. The number of hydrogen-bond donors (Lipinski definition) is 1. The number of rotatable bonds is 2. The van der Waals surface area contributed by atoms with Gasteiger partial charge in [-0.15, -0.1) is 0 Å². The zero-order valence-electron chi connectivity index (χ0n) is 11.0. The third-order valence-electron chi connectivity index (χ3n) is 3.15. The molecule has 1 aliphatic rings. The minimum absolute atomic E-state index is 0.0121. The molecule has 100 valence electrons. The molecule has 0 unspecified atom stereocenters. The molecule has 0 fully saturated rings. The monoisotopic (exact) mass is 267 g/mol. The van der Waals surface area contributed by atoms with E-state index >= 15 is 0 Å². The van der Waals surface area contributed by atoms with Crippen molar-refractivity contribution in [1.29, 1.82) is 0 Å². The fourth-order valence-electron chi connectivity index (χ4n) is 2.18. The number of anilines is 1. The average Bonchev–Trinajstić information content (AvgIpc) is 2.45. The Balaban J connectivity index is 1.97. The van der Waals surface area contributed by atoms with Crippen molar-refractivity contribution in [2.45, 2.75) is 6.92 Å². The van der Waals surface area contributed by atoms with Crippen LogP contribution in [0.5, 0.6) is 5.75 Å². The zero-order chi connectivity index (χ0) is 14.1.